The van der Waals surface area contributed by atoms with Crippen molar-refractivity contribution in [2.75, 3.05) is 0 Å². The second-order valence-corrected chi connectivity index (χ2v) is 32.6. The van der Waals surface area contributed by atoms with E-state index in [1.807, 2.05) is 162 Å². The Labute approximate surface area is 692 Å². The monoisotopic (exact) mass is 1540 g/mol. The summed E-state index contributed by atoms with van der Waals surface area (Å²) in [6.45, 7) is 12.5. The molecule has 22 rings (SSSR count). The van der Waals surface area contributed by atoms with Crippen molar-refractivity contribution in [3.63, 3.8) is 0 Å². The Morgan fingerprint density at radius 2 is 0.632 bits per heavy atom. The molecule has 0 unspecified atom stereocenters. The van der Waals surface area contributed by atoms with Crippen molar-refractivity contribution in [2.24, 2.45) is 45.9 Å². The van der Waals surface area contributed by atoms with E-state index in [0.717, 1.165) is 211 Å². The minimum absolute atomic E-state index is 0.0780. The van der Waals surface area contributed by atoms with E-state index in [4.69, 9.17) is 25.9 Å². The van der Waals surface area contributed by atoms with Gasteiger partial charge in [-0.15, -0.1) is 0 Å². The van der Waals surface area contributed by atoms with E-state index >= 15 is 0 Å². The predicted molar refractivity (Wildman–Crippen MR) is 483 cm³/mol. The molecule has 2 aliphatic carbocycles. The number of fused-ring (bicyclic) bond motifs is 20. The molecule has 0 aliphatic heterocycles. The third-order valence-electron chi connectivity index (χ3n) is 24.8. The van der Waals surface area contributed by atoms with Gasteiger partial charge in [0.25, 0.3) is 6.33 Å². The second-order valence-electron chi connectivity index (χ2n) is 32.6. The third-order valence-corrected chi connectivity index (χ3v) is 24.8. The largest absolute Gasteiger partial charge is 0.455 e. The number of pyridine rings is 3. The normalized spacial score (nSPS) is 14.7. The summed E-state index contributed by atoms with van der Waals surface area (Å²) >= 11 is 0. The van der Waals surface area contributed by atoms with Crippen molar-refractivity contribution >= 4 is 131 Å². The van der Waals surface area contributed by atoms with E-state index in [0.29, 0.717) is 5.56 Å². The van der Waals surface area contributed by atoms with Gasteiger partial charge in [-0.25, -0.2) is 18.3 Å². The van der Waals surface area contributed by atoms with Gasteiger partial charge >= 0.3 is 0 Å². The minimum Gasteiger partial charge on any atom is -0.455 e. The van der Waals surface area contributed by atoms with Crippen LogP contribution in [0.25, 0.3) is 176 Å². The van der Waals surface area contributed by atoms with Gasteiger partial charge in [-0.1, -0.05) is 246 Å². The summed E-state index contributed by atoms with van der Waals surface area (Å²) in [5.74, 6) is 0.0420. The Bertz CT molecular complexity index is 7590. The average Bonchev–Trinajstić information content (AvgIpc) is 1.62. The summed E-state index contributed by atoms with van der Waals surface area (Å²) in [6.07, 6.45) is 15.2. The maximum atomic E-state index is 9.08. The van der Waals surface area contributed by atoms with E-state index in [-0.39, 0.29) is 17.8 Å². The van der Waals surface area contributed by atoms with E-state index < -0.39 is 19.1 Å². The fourth-order valence-electron chi connectivity index (χ4n) is 19.1. The zero-order valence-corrected chi connectivity index (χ0v) is 68.4. The smallest absolute Gasteiger partial charge is 0.286 e. The highest BCUT2D eigenvalue weighted by atomic mass is 16.3. The molecule has 0 saturated heterocycles. The summed E-state index contributed by atoms with van der Waals surface area (Å²) in [4.78, 5) is 4.22. The minimum atomic E-state index is -1.41. The lowest BCUT2D eigenvalue weighted by molar-refractivity contribution is -0.663. The first-order valence-corrected chi connectivity index (χ1v) is 41.6. The van der Waals surface area contributed by atoms with Crippen LogP contribution in [-0.2, 0) is 47.3 Å². The molecule has 0 radical (unpaired) electrons. The van der Waals surface area contributed by atoms with Crippen LogP contribution in [0.3, 0.4) is 0 Å². The molecule has 117 heavy (non-hydrogen) atoms. The molecular formula is C108H101N5O4+4. The Balaban J connectivity index is 0.000000108. The van der Waals surface area contributed by atoms with Crippen molar-refractivity contribution in [2.45, 2.75) is 118 Å². The van der Waals surface area contributed by atoms with Crippen molar-refractivity contribution in [3.05, 3.63) is 307 Å². The second kappa shape index (κ2) is 31.2. The standard InChI is InChI=1S/C30H30NO.C29H28NO.C27H26NO.C22H17N2O/c1-20-23-12-6-7-13-24(23)30-29(25-14-8-9-15-27(25)32-30)28(20)26-19-22(16-17-31(26)2)18-21-10-4-3-5-11-21;1-19-22-11-5-6-12-23(22)29-28(24-13-7-8-14-26(24)31-29)27(19)25-18-21(15-16-30(25)2)17-20-9-3-4-10-20;1-17(2)15-19-13-14-28(4)23(16-19)25-18(3)20-9-5-6-10-21(20)27-26(25)22-11-7-8-12-24(22)29-27;1-14-15-7-3-4-8-16(15)21-17-9-5-6-10-19(17)25-22(21)20(14)18-11-12-23-13-24(18)2/h6-9,12-17,19,21H,3-5,10-11,18H2,1-2H3;5-8,11-16,18,20H,3-4,9-10,17H2,1-2H3;5-14,16-17H,15H2,1-4H3;3-13H,1-2H3/q4*+1/i18D2;17D2;15D2;. The summed E-state index contributed by atoms with van der Waals surface area (Å²) in [5.41, 5.74) is 22.8. The maximum absolute atomic E-state index is 9.08. The van der Waals surface area contributed by atoms with Crippen LogP contribution >= 0.6 is 0 Å². The molecule has 12 aromatic carbocycles. The molecule has 0 atom stereocenters. The van der Waals surface area contributed by atoms with Gasteiger partial charge in [-0.3, -0.25) is 0 Å². The van der Waals surface area contributed by atoms with Gasteiger partial charge < -0.3 is 17.7 Å². The molecular weight excluding hydrogens is 1430 g/mol. The fourth-order valence-corrected chi connectivity index (χ4v) is 19.1. The number of aryl methyl sites for hydroxylation is 8. The van der Waals surface area contributed by atoms with E-state index in [2.05, 4.69) is 199 Å². The van der Waals surface area contributed by atoms with Crippen LogP contribution in [0.1, 0.15) is 119 Å². The van der Waals surface area contributed by atoms with E-state index in [1.165, 1.54) is 55.6 Å². The molecule has 0 spiro atoms. The van der Waals surface area contributed by atoms with Crippen LogP contribution in [0.4, 0.5) is 0 Å². The van der Waals surface area contributed by atoms with Crippen LogP contribution in [-0.4, -0.2) is 4.98 Å². The summed E-state index contributed by atoms with van der Waals surface area (Å²) < 4.78 is 87.3. The Hall–Kier alpha value is -12.6. The van der Waals surface area contributed by atoms with Gasteiger partial charge in [-0.05, 0) is 155 Å². The molecule has 9 heteroatoms. The number of benzene rings is 12. The Kier molecular flexibility index (Phi) is 18.1. The first-order valence-electron chi connectivity index (χ1n) is 44.6. The number of hydrogen-bond acceptors (Lipinski definition) is 5. The van der Waals surface area contributed by atoms with Gasteiger partial charge in [0, 0.05) is 110 Å². The molecule has 9 nitrogen and oxygen atoms in total. The van der Waals surface area contributed by atoms with Crippen molar-refractivity contribution in [1.29, 1.82) is 0 Å². The highest BCUT2D eigenvalue weighted by Gasteiger charge is 2.30. The maximum Gasteiger partial charge on any atom is 0.286 e. The highest BCUT2D eigenvalue weighted by molar-refractivity contribution is 6.26. The fraction of sp³-hybridized carbons (Fsp3) is 0.231. The molecule has 0 N–H and O–H groups in total. The zero-order valence-electron chi connectivity index (χ0n) is 74.4. The van der Waals surface area contributed by atoms with Crippen molar-refractivity contribution < 1.29 is 44.2 Å². The van der Waals surface area contributed by atoms with Gasteiger partial charge in [0.2, 0.25) is 17.1 Å². The molecule has 0 bridgehead atoms. The molecule has 2 aliphatic rings. The summed E-state index contributed by atoms with van der Waals surface area (Å²) in [5, 5.41) is 18.3. The first-order chi connectivity index (χ1) is 59.5. The van der Waals surface area contributed by atoms with E-state index in [9.17, 15) is 0 Å². The molecule has 20 aromatic rings. The van der Waals surface area contributed by atoms with Crippen molar-refractivity contribution in [1.82, 2.24) is 4.98 Å². The number of rotatable bonds is 10. The van der Waals surface area contributed by atoms with Gasteiger partial charge in [-0.2, -0.15) is 0 Å². The lowest BCUT2D eigenvalue weighted by atomic mass is 9.84. The molecule has 8 heterocycles. The summed E-state index contributed by atoms with van der Waals surface area (Å²) in [6, 6.07) is 80.7. The Morgan fingerprint density at radius 1 is 0.325 bits per heavy atom. The number of hydrogen-bond donors (Lipinski definition) is 0. The third kappa shape index (κ3) is 13.5. The molecule has 2 fully saturated rings. The van der Waals surface area contributed by atoms with Gasteiger partial charge in [0.1, 0.15) is 77.7 Å². The highest BCUT2D eigenvalue weighted by Crippen LogP contribution is 2.49. The SMILES string of the molecule is Cc1c(-c2ccnc[n+]2C)c2oc3ccccc3c2c2ccccc12.[2H]C([2H])(c1cc[n+](C)c(-c2c(C)c3ccccc3c3oc4ccccc4c23)c1)C(C)C.[2H]C([2H])(c1cc[n+](C)c(-c2c(C)c3ccccc3c3oc4ccccc4c23)c1)C1CCCC1.[2H]C([2H])(c1cc[n+](C)c(-c2c(C)c3ccccc3c3oc4ccccc4c23)c1)C1CCCCC1. The molecule has 8 aromatic heterocycles. The van der Waals surface area contributed by atoms with Crippen LogP contribution in [0, 0.1) is 45.4 Å². The van der Waals surface area contributed by atoms with Crippen LogP contribution < -0.4 is 18.3 Å². The lowest BCUT2D eigenvalue weighted by Gasteiger charge is -2.21. The molecule has 578 valence electrons. The lowest BCUT2D eigenvalue weighted by Crippen LogP contribution is -2.31. The topological polar surface area (TPSA) is 81.0 Å². The number of aromatic nitrogens is 5. The van der Waals surface area contributed by atoms with Crippen molar-refractivity contribution in [3.8, 4) is 45.0 Å². The van der Waals surface area contributed by atoms with Crippen LogP contribution in [0.2, 0.25) is 0 Å². The van der Waals surface area contributed by atoms with Gasteiger partial charge in [0.15, 0.2) is 18.6 Å². The molecule has 0 amide bonds. The van der Waals surface area contributed by atoms with Gasteiger partial charge in [0.05, 0.1) is 29.3 Å². The van der Waals surface area contributed by atoms with E-state index in [1.54, 1.807) is 0 Å². The van der Waals surface area contributed by atoms with Crippen LogP contribution in [0.15, 0.2) is 285 Å². The van der Waals surface area contributed by atoms with Crippen LogP contribution in [0.5, 0.6) is 0 Å². The number of nitrogens with zero attached hydrogens (tertiary/aromatic N) is 5. The zero-order chi connectivity index (χ0) is 85.1. The summed E-state index contributed by atoms with van der Waals surface area (Å²) in [7, 11) is 8.14. The predicted octanol–water partition coefficient (Wildman–Crippen LogP) is 26.6. The first kappa shape index (κ1) is 67.7. The quantitative estimate of drug-likeness (QED) is 0.127. The average molecular weight is 1540 g/mol. The number of para-hydroxylation sites is 4. The number of furan rings is 4. The Morgan fingerprint density at radius 3 is 1.02 bits per heavy atom. The molecule has 2 saturated carbocycles.